The molecule has 1 amide bonds. The van der Waals surface area contributed by atoms with Crippen molar-refractivity contribution in [1.29, 1.82) is 0 Å². The maximum absolute atomic E-state index is 13.5. The van der Waals surface area contributed by atoms with E-state index in [0.29, 0.717) is 5.56 Å². The molecule has 0 saturated heterocycles. The standard InChI is InChI=1S/C13H8FIN2O3/c14-11-5-4-10(17(19)20)7-12(11)16-13(18)8-2-1-3-9(15)6-8/h1-7H,(H,16,18). The highest BCUT2D eigenvalue weighted by Crippen LogP contribution is 2.22. The smallest absolute Gasteiger partial charge is 0.271 e. The summed E-state index contributed by atoms with van der Waals surface area (Å²) in [6, 6.07) is 9.68. The van der Waals surface area contributed by atoms with E-state index >= 15 is 0 Å². The summed E-state index contributed by atoms with van der Waals surface area (Å²) in [4.78, 5) is 21.9. The minimum atomic E-state index is -0.727. The lowest BCUT2D eigenvalue weighted by Crippen LogP contribution is -2.13. The van der Waals surface area contributed by atoms with Gasteiger partial charge in [-0.05, 0) is 46.9 Å². The van der Waals surface area contributed by atoms with Gasteiger partial charge in [0.1, 0.15) is 5.82 Å². The van der Waals surface area contributed by atoms with Gasteiger partial charge in [0, 0.05) is 21.3 Å². The molecule has 0 heterocycles. The van der Waals surface area contributed by atoms with Crippen molar-refractivity contribution in [2.75, 3.05) is 5.32 Å². The summed E-state index contributed by atoms with van der Waals surface area (Å²) in [5.41, 5.74) is -0.157. The Labute approximate surface area is 127 Å². The van der Waals surface area contributed by atoms with Crippen LogP contribution in [0.15, 0.2) is 42.5 Å². The minimum absolute atomic E-state index is 0.219. The summed E-state index contributed by atoms with van der Waals surface area (Å²) in [6.45, 7) is 0. The number of nitro benzene ring substituents is 1. The van der Waals surface area contributed by atoms with Crippen molar-refractivity contribution >= 4 is 39.9 Å². The van der Waals surface area contributed by atoms with Gasteiger partial charge in [0.05, 0.1) is 10.6 Å². The van der Waals surface area contributed by atoms with Crippen molar-refractivity contribution < 1.29 is 14.1 Å². The Morgan fingerprint density at radius 2 is 2.00 bits per heavy atom. The molecule has 0 atom stereocenters. The molecule has 1 N–H and O–H groups in total. The van der Waals surface area contributed by atoms with Gasteiger partial charge in [0.15, 0.2) is 0 Å². The second kappa shape index (κ2) is 5.95. The zero-order valence-electron chi connectivity index (χ0n) is 9.97. The number of nitrogens with one attached hydrogen (secondary N) is 1. The molecule has 0 radical (unpaired) electrons. The van der Waals surface area contributed by atoms with Crippen LogP contribution in [-0.4, -0.2) is 10.8 Å². The molecule has 5 nitrogen and oxygen atoms in total. The number of nitrogens with zero attached hydrogens (tertiary/aromatic N) is 1. The first kappa shape index (κ1) is 14.4. The van der Waals surface area contributed by atoms with Crippen LogP contribution >= 0.6 is 22.6 Å². The zero-order chi connectivity index (χ0) is 14.7. The van der Waals surface area contributed by atoms with Gasteiger partial charge in [-0.2, -0.15) is 0 Å². The Morgan fingerprint density at radius 3 is 2.65 bits per heavy atom. The number of halogens is 2. The van der Waals surface area contributed by atoms with E-state index in [-0.39, 0.29) is 11.4 Å². The molecule has 102 valence electrons. The van der Waals surface area contributed by atoms with Crippen LogP contribution in [-0.2, 0) is 0 Å². The average Bonchev–Trinajstić information content (AvgIpc) is 2.41. The number of hydrogen-bond acceptors (Lipinski definition) is 3. The summed E-state index contributed by atoms with van der Waals surface area (Å²) in [6.07, 6.45) is 0. The number of benzene rings is 2. The van der Waals surface area contributed by atoms with E-state index in [1.165, 1.54) is 0 Å². The Balaban J connectivity index is 2.27. The molecule has 0 bridgehead atoms. The molecule has 2 aromatic rings. The molecule has 7 heteroatoms. The maximum Gasteiger partial charge on any atom is 0.271 e. The number of anilines is 1. The number of carbonyl (C=O) groups is 1. The third-order valence-electron chi connectivity index (χ3n) is 2.50. The Bertz CT molecular complexity index is 691. The van der Waals surface area contributed by atoms with Crippen molar-refractivity contribution in [2.45, 2.75) is 0 Å². The van der Waals surface area contributed by atoms with Gasteiger partial charge in [-0.25, -0.2) is 4.39 Å². The second-order valence-corrected chi connectivity index (χ2v) is 5.13. The Hall–Kier alpha value is -2.03. The van der Waals surface area contributed by atoms with E-state index < -0.39 is 16.6 Å². The number of rotatable bonds is 3. The molecule has 0 aliphatic carbocycles. The largest absolute Gasteiger partial charge is 0.319 e. The quantitative estimate of drug-likeness (QED) is 0.498. The molecule has 0 unspecified atom stereocenters. The van der Waals surface area contributed by atoms with Crippen LogP contribution in [0.4, 0.5) is 15.8 Å². The third kappa shape index (κ3) is 3.29. The molecular formula is C13H8FIN2O3. The van der Waals surface area contributed by atoms with Crippen LogP contribution in [0.25, 0.3) is 0 Å². The van der Waals surface area contributed by atoms with E-state index in [0.717, 1.165) is 21.8 Å². The van der Waals surface area contributed by atoms with Gasteiger partial charge in [-0.3, -0.25) is 14.9 Å². The van der Waals surface area contributed by atoms with Crippen molar-refractivity contribution in [1.82, 2.24) is 0 Å². The monoisotopic (exact) mass is 386 g/mol. The molecule has 0 aliphatic heterocycles. The first-order chi connectivity index (χ1) is 9.47. The minimum Gasteiger partial charge on any atom is -0.319 e. The number of hydrogen-bond donors (Lipinski definition) is 1. The summed E-state index contributed by atoms with van der Waals surface area (Å²) >= 11 is 2.05. The second-order valence-electron chi connectivity index (χ2n) is 3.89. The summed E-state index contributed by atoms with van der Waals surface area (Å²) in [5, 5.41) is 13.0. The van der Waals surface area contributed by atoms with Crippen LogP contribution in [0.1, 0.15) is 10.4 Å². The Morgan fingerprint density at radius 1 is 1.25 bits per heavy atom. The van der Waals surface area contributed by atoms with Crippen LogP contribution < -0.4 is 5.32 Å². The van der Waals surface area contributed by atoms with Crippen LogP contribution in [0.2, 0.25) is 0 Å². The van der Waals surface area contributed by atoms with Gasteiger partial charge in [0.2, 0.25) is 0 Å². The fourth-order valence-electron chi connectivity index (χ4n) is 1.55. The van der Waals surface area contributed by atoms with E-state index in [1.54, 1.807) is 18.2 Å². The lowest BCUT2D eigenvalue weighted by molar-refractivity contribution is -0.384. The molecular weight excluding hydrogens is 378 g/mol. The fourth-order valence-corrected chi connectivity index (χ4v) is 2.09. The van der Waals surface area contributed by atoms with Crippen LogP contribution in [0, 0.1) is 19.5 Å². The highest BCUT2D eigenvalue weighted by molar-refractivity contribution is 14.1. The topological polar surface area (TPSA) is 72.2 Å². The predicted molar refractivity (Wildman–Crippen MR) is 80.2 cm³/mol. The van der Waals surface area contributed by atoms with E-state index in [4.69, 9.17) is 0 Å². The maximum atomic E-state index is 13.5. The molecule has 0 spiro atoms. The Kier molecular flexibility index (Phi) is 4.28. The van der Waals surface area contributed by atoms with Crippen LogP contribution in [0.5, 0.6) is 0 Å². The van der Waals surface area contributed by atoms with Gasteiger partial charge >= 0.3 is 0 Å². The lowest BCUT2D eigenvalue weighted by atomic mass is 10.2. The average molecular weight is 386 g/mol. The lowest BCUT2D eigenvalue weighted by Gasteiger charge is -2.06. The van der Waals surface area contributed by atoms with Crippen LogP contribution in [0.3, 0.4) is 0 Å². The third-order valence-corrected chi connectivity index (χ3v) is 3.17. The number of carbonyl (C=O) groups excluding carboxylic acids is 1. The number of non-ortho nitro benzene ring substituents is 1. The molecule has 2 aromatic carbocycles. The number of amides is 1. The fraction of sp³-hybridized carbons (Fsp3) is 0. The van der Waals surface area contributed by atoms with Gasteiger partial charge in [0.25, 0.3) is 11.6 Å². The summed E-state index contributed by atoms with van der Waals surface area (Å²) in [7, 11) is 0. The normalized spacial score (nSPS) is 10.1. The van der Waals surface area contributed by atoms with E-state index in [1.807, 2.05) is 28.7 Å². The van der Waals surface area contributed by atoms with Gasteiger partial charge in [-0.15, -0.1) is 0 Å². The molecule has 20 heavy (non-hydrogen) atoms. The molecule has 0 aliphatic rings. The SMILES string of the molecule is O=C(Nc1cc([N+](=O)[O-])ccc1F)c1cccc(I)c1. The zero-order valence-corrected chi connectivity index (χ0v) is 12.1. The molecule has 2 rings (SSSR count). The number of nitro groups is 1. The van der Waals surface area contributed by atoms with Crippen molar-refractivity contribution in [3.05, 3.63) is 67.5 Å². The highest BCUT2D eigenvalue weighted by atomic mass is 127. The first-order valence-electron chi connectivity index (χ1n) is 5.48. The first-order valence-corrected chi connectivity index (χ1v) is 6.56. The summed E-state index contributed by atoms with van der Waals surface area (Å²) < 4.78 is 14.4. The molecule has 0 aromatic heterocycles. The van der Waals surface area contributed by atoms with E-state index in [2.05, 4.69) is 5.32 Å². The van der Waals surface area contributed by atoms with Crippen molar-refractivity contribution in [3.63, 3.8) is 0 Å². The van der Waals surface area contributed by atoms with Crippen molar-refractivity contribution in [3.8, 4) is 0 Å². The molecule has 0 fully saturated rings. The molecule has 0 saturated carbocycles. The van der Waals surface area contributed by atoms with Gasteiger partial charge in [-0.1, -0.05) is 6.07 Å². The van der Waals surface area contributed by atoms with Gasteiger partial charge < -0.3 is 5.32 Å². The van der Waals surface area contributed by atoms with E-state index in [9.17, 15) is 19.3 Å². The van der Waals surface area contributed by atoms with Crippen molar-refractivity contribution in [2.24, 2.45) is 0 Å². The predicted octanol–water partition coefficient (Wildman–Crippen LogP) is 3.59. The highest BCUT2D eigenvalue weighted by Gasteiger charge is 2.14. The summed E-state index contributed by atoms with van der Waals surface area (Å²) in [5.74, 6) is -1.25.